The number of rotatable bonds is 3. The van der Waals surface area contributed by atoms with Gasteiger partial charge in [0.05, 0.1) is 17.2 Å². The van der Waals surface area contributed by atoms with E-state index in [0.717, 1.165) is 55.6 Å². The first kappa shape index (κ1) is 23.4. The molecule has 1 atom stereocenters. The summed E-state index contributed by atoms with van der Waals surface area (Å²) in [4.78, 5) is 29.4. The van der Waals surface area contributed by atoms with Gasteiger partial charge in [-0.15, -0.1) is 0 Å². The highest BCUT2D eigenvalue weighted by Gasteiger charge is 2.45. The lowest BCUT2D eigenvalue weighted by Gasteiger charge is -2.51. The number of carbonyl (C=O) groups excluding carboxylic acids is 1. The zero-order valence-electron chi connectivity index (χ0n) is 21.1. The number of para-hydroxylation sites is 2. The molecule has 1 N–H and O–H groups in total. The summed E-state index contributed by atoms with van der Waals surface area (Å²) in [7, 11) is 2.09. The Kier molecular flexibility index (Phi) is 6.50. The van der Waals surface area contributed by atoms with Crippen molar-refractivity contribution >= 4 is 22.8 Å². The van der Waals surface area contributed by atoms with Crippen molar-refractivity contribution < 1.29 is 4.79 Å². The molecule has 0 aliphatic carbocycles. The largest absolute Gasteiger partial charge is 0.368 e. The third-order valence-electron chi connectivity index (χ3n) is 7.75. The molecule has 6 rings (SSSR count). The Morgan fingerprint density at radius 1 is 1.11 bits per heavy atom. The van der Waals surface area contributed by atoms with Gasteiger partial charge >= 0.3 is 0 Å². The Labute approximate surface area is 208 Å². The monoisotopic (exact) mass is 472 g/mol. The Hall–Kier alpha value is -3.35. The molecule has 1 aromatic heterocycles. The number of likely N-dealkylation sites (N-methyl/N-ethyl adjacent to an activating group) is 1. The first-order valence-corrected chi connectivity index (χ1v) is 13.0. The average molecular weight is 473 g/mol. The van der Waals surface area contributed by atoms with Gasteiger partial charge in [-0.3, -0.25) is 9.78 Å². The van der Waals surface area contributed by atoms with Crippen LogP contribution in [0, 0.1) is 0 Å². The lowest BCUT2D eigenvalue weighted by molar-refractivity contribution is -0.142. The fraction of sp³-hybridized carbons (Fsp3) is 0.464. The number of carbonyl (C=O) groups is 1. The molecular formula is C28H36N6O. The summed E-state index contributed by atoms with van der Waals surface area (Å²) in [5, 5.41) is 3.42. The third-order valence-corrected chi connectivity index (χ3v) is 7.75. The van der Waals surface area contributed by atoms with Crippen molar-refractivity contribution in [3.63, 3.8) is 0 Å². The van der Waals surface area contributed by atoms with Gasteiger partial charge in [-0.25, -0.2) is 4.98 Å². The topological polar surface area (TPSA) is 64.6 Å². The third kappa shape index (κ3) is 4.28. The molecule has 0 saturated carbocycles. The lowest BCUT2D eigenvalue weighted by Crippen LogP contribution is -2.60. The number of fused-ring (bicyclic) bond motifs is 2. The molecule has 0 radical (unpaired) electrons. The summed E-state index contributed by atoms with van der Waals surface area (Å²) in [5.74, 6) is 1.23. The van der Waals surface area contributed by atoms with Gasteiger partial charge in [0.15, 0.2) is 0 Å². The maximum atomic E-state index is 13.2. The molecule has 2 aromatic rings. The van der Waals surface area contributed by atoms with Crippen LogP contribution in [0.15, 0.2) is 66.2 Å². The van der Waals surface area contributed by atoms with Crippen molar-refractivity contribution in [1.29, 1.82) is 0 Å². The molecule has 5 heterocycles. The highest BCUT2D eigenvalue weighted by Crippen LogP contribution is 2.40. The summed E-state index contributed by atoms with van der Waals surface area (Å²) >= 11 is 0. The molecule has 1 amide bonds. The SMILES string of the molecule is CC.CN1C=C(CN2C(=O)CCCC23CCN(c2cnc4ccccc4n2)CC3)C2=CC=CNC21. The Morgan fingerprint density at radius 2 is 1.89 bits per heavy atom. The molecule has 1 unspecified atom stereocenters. The highest BCUT2D eigenvalue weighted by molar-refractivity contribution is 5.79. The molecule has 7 heteroatoms. The van der Waals surface area contributed by atoms with Gasteiger partial charge in [-0.2, -0.15) is 0 Å². The molecule has 0 bridgehead atoms. The summed E-state index contributed by atoms with van der Waals surface area (Å²) < 4.78 is 0. The fourth-order valence-corrected chi connectivity index (χ4v) is 5.93. The van der Waals surface area contributed by atoms with Crippen LogP contribution in [-0.2, 0) is 4.79 Å². The van der Waals surface area contributed by atoms with E-state index in [0.29, 0.717) is 18.9 Å². The Bertz CT molecular complexity index is 1180. The van der Waals surface area contributed by atoms with E-state index in [2.05, 4.69) is 50.4 Å². The van der Waals surface area contributed by atoms with Crippen LogP contribution >= 0.6 is 0 Å². The van der Waals surface area contributed by atoms with Crippen LogP contribution < -0.4 is 10.2 Å². The molecule has 2 fully saturated rings. The Balaban J connectivity index is 0.00000124. The number of piperidine rings is 2. The van der Waals surface area contributed by atoms with Crippen molar-refractivity contribution in [1.82, 2.24) is 25.1 Å². The predicted octanol–water partition coefficient (Wildman–Crippen LogP) is 4.21. The normalized spacial score (nSPS) is 22.9. The molecule has 2 saturated heterocycles. The molecule has 7 nitrogen and oxygen atoms in total. The molecule has 184 valence electrons. The highest BCUT2D eigenvalue weighted by atomic mass is 16.2. The molecule has 1 spiro atoms. The Morgan fingerprint density at radius 3 is 2.69 bits per heavy atom. The zero-order valence-corrected chi connectivity index (χ0v) is 21.1. The lowest BCUT2D eigenvalue weighted by atomic mass is 9.78. The number of aromatic nitrogens is 2. The van der Waals surface area contributed by atoms with E-state index in [4.69, 9.17) is 4.98 Å². The van der Waals surface area contributed by atoms with Gasteiger partial charge in [-0.1, -0.05) is 32.1 Å². The van der Waals surface area contributed by atoms with E-state index >= 15 is 0 Å². The van der Waals surface area contributed by atoms with E-state index in [1.54, 1.807) is 0 Å². The van der Waals surface area contributed by atoms with Gasteiger partial charge in [0.25, 0.3) is 0 Å². The number of hydrogen-bond donors (Lipinski definition) is 1. The number of nitrogens with zero attached hydrogens (tertiary/aromatic N) is 5. The quantitative estimate of drug-likeness (QED) is 0.722. The van der Waals surface area contributed by atoms with Crippen molar-refractivity contribution in [3.05, 3.63) is 66.2 Å². The van der Waals surface area contributed by atoms with E-state index in [1.165, 1.54) is 11.1 Å². The number of amides is 1. The van der Waals surface area contributed by atoms with E-state index in [1.807, 2.05) is 50.5 Å². The van der Waals surface area contributed by atoms with Gasteiger partial charge in [-0.05, 0) is 55.7 Å². The summed E-state index contributed by atoms with van der Waals surface area (Å²) in [6.07, 6.45) is 15.1. The maximum absolute atomic E-state index is 13.2. The number of benzene rings is 1. The molecule has 1 aromatic carbocycles. The number of hydrogen-bond acceptors (Lipinski definition) is 6. The minimum atomic E-state index is -0.0634. The average Bonchev–Trinajstić information content (AvgIpc) is 3.23. The number of likely N-dealkylation sites (tertiary alicyclic amines) is 1. The van der Waals surface area contributed by atoms with Crippen LogP contribution in [0.25, 0.3) is 11.0 Å². The summed E-state index contributed by atoms with van der Waals surface area (Å²) in [5.41, 5.74) is 4.31. The summed E-state index contributed by atoms with van der Waals surface area (Å²) in [6, 6.07) is 8.01. The summed E-state index contributed by atoms with van der Waals surface area (Å²) in [6.45, 7) is 6.48. The van der Waals surface area contributed by atoms with Crippen LogP contribution in [0.5, 0.6) is 0 Å². The van der Waals surface area contributed by atoms with Crippen molar-refractivity contribution in [2.24, 2.45) is 0 Å². The predicted molar refractivity (Wildman–Crippen MR) is 141 cm³/mol. The van der Waals surface area contributed by atoms with Crippen LogP contribution in [0.4, 0.5) is 5.82 Å². The second-order valence-electron chi connectivity index (χ2n) is 9.63. The molecule has 4 aliphatic heterocycles. The number of allylic oxidation sites excluding steroid dienone is 2. The zero-order chi connectivity index (χ0) is 24.4. The molecular weight excluding hydrogens is 436 g/mol. The van der Waals surface area contributed by atoms with Crippen molar-refractivity contribution in [3.8, 4) is 0 Å². The maximum Gasteiger partial charge on any atom is 0.223 e. The molecule has 4 aliphatic rings. The van der Waals surface area contributed by atoms with Crippen LogP contribution in [0.1, 0.15) is 46.0 Å². The fourth-order valence-electron chi connectivity index (χ4n) is 5.93. The van der Waals surface area contributed by atoms with Crippen molar-refractivity contribution in [2.45, 2.75) is 57.7 Å². The number of nitrogens with one attached hydrogen (secondary N) is 1. The minimum Gasteiger partial charge on any atom is -0.368 e. The van der Waals surface area contributed by atoms with E-state index in [-0.39, 0.29) is 11.7 Å². The second-order valence-corrected chi connectivity index (χ2v) is 9.63. The van der Waals surface area contributed by atoms with E-state index < -0.39 is 0 Å². The van der Waals surface area contributed by atoms with Crippen LogP contribution in [0.3, 0.4) is 0 Å². The van der Waals surface area contributed by atoms with Crippen molar-refractivity contribution in [2.75, 3.05) is 31.6 Å². The van der Waals surface area contributed by atoms with Gasteiger partial charge in [0.1, 0.15) is 12.0 Å². The van der Waals surface area contributed by atoms with Gasteiger partial charge < -0.3 is 20.0 Å². The first-order chi connectivity index (χ1) is 17.1. The second kappa shape index (κ2) is 9.72. The van der Waals surface area contributed by atoms with E-state index in [9.17, 15) is 4.79 Å². The number of dihydropyridines is 1. The first-order valence-electron chi connectivity index (χ1n) is 13.0. The minimum absolute atomic E-state index is 0.0634. The smallest absolute Gasteiger partial charge is 0.223 e. The van der Waals surface area contributed by atoms with Gasteiger partial charge in [0.2, 0.25) is 5.91 Å². The van der Waals surface area contributed by atoms with Crippen LogP contribution in [0.2, 0.25) is 0 Å². The molecule has 35 heavy (non-hydrogen) atoms. The number of anilines is 1. The standard InChI is InChI=1S/C26H30N6O.C2H6/c1-30-17-19(20-6-5-13-27-25(20)30)18-32-24(33)9-4-10-26(32)11-14-31(15-12-26)23-16-28-21-7-2-3-8-22(21)29-23;1-2/h2-3,5-8,13,16-17,25,27H,4,9-12,14-15,18H2,1H3;1-2H3. The van der Waals surface area contributed by atoms with Crippen LogP contribution in [-0.4, -0.2) is 64.1 Å². The van der Waals surface area contributed by atoms with Gasteiger partial charge in [0, 0.05) is 50.4 Å².